The van der Waals surface area contributed by atoms with Crippen LogP contribution in [0.2, 0.25) is 0 Å². The van der Waals surface area contributed by atoms with Gasteiger partial charge in [-0.3, -0.25) is 0 Å². The largest absolute Gasteiger partial charge is 0.384 e. The van der Waals surface area contributed by atoms with Crippen LogP contribution in [0.5, 0.6) is 0 Å². The Kier molecular flexibility index (Phi) is 5.32. The van der Waals surface area contributed by atoms with Crippen LogP contribution in [-0.4, -0.2) is 42.2 Å². The van der Waals surface area contributed by atoms with Crippen molar-refractivity contribution in [2.75, 3.05) is 32.1 Å². The normalized spacial score (nSPS) is 15.1. The summed E-state index contributed by atoms with van der Waals surface area (Å²) in [6.45, 7) is 3.54. The van der Waals surface area contributed by atoms with Gasteiger partial charge in [-0.25, -0.2) is 0 Å². The maximum Gasteiger partial charge on any atom is 0.0994 e. The first-order valence-corrected chi connectivity index (χ1v) is 6.91. The van der Waals surface area contributed by atoms with Crippen molar-refractivity contribution < 1.29 is 5.11 Å². The van der Waals surface area contributed by atoms with Gasteiger partial charge in [-0.15, -0.1) is 0 Å². The second-order valence-electron chi connectivity index (χ2n) is 4.37. The van der Waals surface area contributed by atoms with E-state index in [9.17, 15) is 5.11 Å². The molecule has 0 aliphatic rings. The number of benzene rings is 1. The first-order chi connectivity index (χ1) is 7.56. The minimum atomic E-state index is -0.769. The Hall–Kier alpha value is -0.510. The highest BCUT2D eigenvalue weighted by atomic mass is 32.2. The summed E-state index contributed by atoms with van der Waals surface area (Å²) in [4.78, 5) is 2.17. The minimum Gasteiger partial charge on any atom is -0.384 e. The molecule has 90 valence electrons. The molecule has 0 aromatic heterocycles. The van der Waals surface area contributed by atoms with Crippen molar-refractivity contribution in [3.8, 4) is 0 Å². The summed E-state index contributed by atoms with van der Waals surface area (Å²) in [7, 11) is 2.05. The highest BCUT2D eigenvalue weighted by Gasteiger charge is 2.24. The second kappa shape index (κ2) is 6.28. The maximum absolute atomic E-state index is 10.4. The van der Waals surface area contributed by atoms with Gasteiger partial charge < -0.3 is 10.0 Å². The Labute approximate surface area is 103 Å². The topological polar surface area (TPSA) is 23.5 Å². The van der Waals surface area contributed by atoms with E-state index in [1.807, 2.05) is 56.1 Å². The molecule has 0 amide bonds. The van der Waals surface area contributed by atoms with E-state index in [1.54, 1.807) is 0 Å². The third-order valence-corrected chi connectivity index (χ3v) is 3.24. The molecule has 0 aliphatic carbocycles. The van der Waals surface area contributed by atoms with E-state index in [4.69, 9.17) is 0 Å². The average molecular weight is 239 g/mol. The van der Waals surface area contributed by atoms with Crippen molar-refractivity contribution in [2.45, 2.75) is 12.5 Å². The lowest BCUT2D eigenvalue weighted by molar-refractivity contribution is 0.0251. The molecule has 1 aromatic carbocycles. The standard InChI is InChI=1S/C13H21NOS/c1-13(15,11-14(2)9-10-16-3)12-7-5-4-6-8-12/h4-8,15H,9-11H2,1-3H3. The van der Waals surface area contributed by atoms with E-state index in [0.717, 1.165) is 17.9 Å². The average Bonchev–Trinajstić information content (AvgIpc) is 2.27. The van der Waals surface area contributed by atoms with Gasteiger partial charge in [0.05, 0.1) is 5.60 Å². The van der Waals surface area contributed by atoms with Crippen LogP contribution in [0.4, 0.5) is 0 Å². The summed E-state index contributed by atoms with van der Waals surface area (Å²) in [5.74, 6) is 1.10. The minimum absolute atomic E-state index is 0.664. The fourth-order valence-electron chi connectivity index (χ4n) is 1.74. The predicted octanol–water partition coefficient (Wildman–Crippen LogP) is 2.19. The van der Waals surface area contributed by atoms with E-state index in [0.29, 0.717) is 6.54 Å². The van der Waals surface area contributed by atoms with Crippen LogP contribution in [0.25, 0.3) is 0 Å². The van der Waals surface area contributed by atoms with Gasteiger partial charge in [-0.05, 0) is 25.8 Å². The Bertz CT molecular complexity index is 300. The first-order valence-electron chi connectivity index (χ1n) is 5.51. The summed E-state index contributed by atoms with van der Waals surface area (Å²) in [6, 6.07) is 9.85. The van der Waals surface area contributed by atoms with Crippen molar-refractivity contribution in [1.29, 1.82) is 0 Å². The zero-order valence-electron chi connectivity index (χ0n) is 10.3. The first kappa shape index (κ1) is 13.6. The summed E-state index contributed by atoms with van der Waals surface area (Å²) in [5, 5.41) is 10.4. The highest BCUT2D eigenvalue weighted by molar-refractivity contribution is 7.98. The number of hydrogen-bond donors (Lipinski definition) is 1. The molecular formula is C13H21NOS. The van der Waals surface area contributed by atoms with Crippen LogP contribution >= 0.6 is 11.8 Å². The molecule has 0 saturated heterocycles. The SMILES string of the molecule is CSCCN(C)CC(C)(O)c1ccccc1. The molecule has 3 heteroatoms. The number of aliphatic hydroxyl groups is 1. The molecule has 2 nitrogen and oxygen atoms in total. The zero-order valence-corrected chi connectivity index (χ0v) is 11.1. The van der Waals surface area contributed by atoms with Crippen molar-refractivity contribution in [1.82, 2.24) is 4.90 Å². The van der Waals surface area contributed by atoms with Crippen molar-refractivity contribution >= 4 is 11.8 Å². The fourth-order valence-corrected chi connectivity index (χ4v) is 2.23. The van der Waals surface area contributed by atoms with E-state index < -0.39 is 5.60 Å². The molecule has 0 aliphatic heterocycles. The van der Waals surface area contributed by atoms with Gasteiger partial charge in [0.2, 0.25) is 0 Å². The van der Waals surface area contributed by atoms with Crippen LogP contribution < -0.4 is 0 Å². The van der Waals surface area contributed by atoms with Crippen LogP contribution in [0.3, 0.4) is 0 Å². The van der Waals surface area contributed by atoms with Gasteiger partial charge in [-0.1, -0.05) is 30.3 Å². The molecule has 1 atom stereocenters. The molecule has 1 rings (SSSR count). The molecule has 0 fully saturated rings. The lowest BCUT2D eigenvalue weighted by Crippen LogP contribution is -2.37. The van der Waals surface area contributed by atoms with E-state index in [-0.39, 0.29) is 0 Å². The van der Waals surface area contributed by atoms with Crippen molar-refractivity contribution in [3.05, 3.63) is 35.9 Å². The van der Waals surface area contributed by atoms with Crippen molar-refractivity contribution in [3.63, 3.8) is 0 Å². The Morgan fingerprint density at radius 1 is 1.31 bits per heavy atom. The fraction of sp³-hybridized carbons (Fsp3) is 0.538. The summed E-state index contributed by atoms with van der Waals surface area (Å²) < 4.78 is 0. The number of thioether (sulfide) groups is 1. The Morgan fingerprint density at radius 3 is 2.50 bits per heavy atom. The van der Waals surface area contributed by atoms with Crippen LogP contribution in [0.15, 0.2) is 30.3 Å². The molecule has 0 radical (unpaired) electrons. The quantitative estimate of drug-likeness (QED) is 0.823. The molecule has 0 heterocycles. The lowest BCUT2D eigenvalue weighted by Gasteiger charge is -2.29. The number of likely N-dealkylation sites (N-methyl/N-ethyl adjacent to an activating group) is 1. The van der Waals surface area contributed by atoms with Gasteiger partial charge in [0, 0.05) is 18.8 Å². The second-order valence-corrected chi connectivity index (χ2v) is 5.36. The molecule has 1 aromatic rings. The summed E-state index contributed by atoms with van der Waals surface area (Å²) in [5.41, 5.74) is 0.208. The third kappa shape index (κ3) is 4.16. The molecule has 1 unspecified atom stereocenters. The lowest BCUT2D eigenvalue weighted by atomic mass is 9.96. The van der Waals surface area contributed by atoms with Gasteiger partial charge in [-0.2, -0.15) is 11.8 Å². The number of hydrogen-bond acceptors (Lipinski definition) is 3. The van der Waals surface area contributed by atoms with E-state index in [2.05, 4.69) is 11.2 Å². The zero-order chi connectivity index (χ0) is 12.0. The maximum atomic E-state index is 10.4. The smallest absolute Gasteiger partial charge is 0.0994 e. The Balaban J connectivity index is 2.58. The van der Waals surface area contributed by atoms with Crippen LogP contribution in [0.1, 0.15) is 12.5 Å². The summed E-state index contributed by atoms with van der Waals surface area (Å²) in [6.07, 6.45) is 2.10. The van der Waals surface area contributed by atoms with Gasteiger partial charge in [0.25, 0.3) is 0 Å². The molecule has 0 saturated carbocycles. The van der Waals surface area contributed by atoms with E-state index in [1.165, 1.54) is 0 Å². The highest BCUT2D eigenvalue weighted by Crippen LogP contribution is 2.20. The molecule has 0 spiro atoms. The molecule has 16 heavy (non-hydrogen) atoms. The molecular weight excluding hydrogens is 218 g/mol. The van der Waals surface area contributed by atoms with Crippen LogP contribution in [-0.2, 0) is 5.60 Å². The monoisotopic (exact) mass is 239 g/mol. The van der Waals surface area contributed by atoms with Gasteiger partial charge in [0.1, 0.15) is 0 Å². The number of nitrogens with zero attached hydrogens (tertiary/aromatic N) is 1. The van der Waals surface area contributed by atoms with Crippen LogP contribution in [0, 0.1) is 0 Å². The predicted molar refractivity (Wildman–Crippen MR) is 71.9 cm³/mol. The number of rotatable bonds is 6. The van der Waals surface area contributed by atoms with Crippen molar-refractivity contribution in [2.24, 2.45) is 0 Å². The molecule has 1 N–H and O–H groups in total. The van der Waals surface area contributed by atoms with E-state index >= 15 is 0 Å². The van der Waals surface area contributed by atoms with Gasteiger partial charge >= 0.3 is 0 Å². The van der Waals surface area contributed by atoms with Gasteiger partial charge in [0.15, 0.2) is 0 Å². The third-order valence-electron chi connectivity index (χ3n) is 2.65. The summed E-state index contributed by atoms with van der Waals surface area (Å²) >= 11 is 1.83. The molecule has 0 bridgehead atoms. The Morgan fingerprint density at radius 2 is 1.94 bits per heavy atom.